The van der Waals surface area contributed by atoms with Crippen LogP contribution in [-0.2, 0) is 16.0 Å². The molecule has 2 aromatic rings. The van der Waals surface area contributed by atoms with Crippen molar-refractivity contribution in [2.45, 2.75) is 31.8 Å². The van der Waals surface area contributed by atoms with Crippen LogP contribution in [0.5, 0.6) is 0 Å². The lowest BCUT2D eigenvalue weighted by atomic mass is 9.96. The first-order valence-electron chi connectivity index (χ1n) is 7.59. The highest BCUT2D eigenvalue weighted by molar-refractivity contribution is 5.90. The Morgan fingerprint density at radius 1 is 1.42 bits per heavy atom. The quantitative estimate of drug-likeness (QED) is 0.664. The summed E-state index contributed by atoms with van der Waals surface area (Å²) in [4.78, 5) is 29.4. The molecule has 24 heavy (non-hydrogen) atoms. The van der Waals surface area contributed by atoms with Crippen molar-refractivity contribution in [2.75, 3.05) is 7.11 Å². The van der Waals surface area contributed by atoms with Crippen molar-refractivity contribution in [3.63, 3.8) is 0 Å². The monoisotopic (exact) mass is 331 g/mol. The van der Waals surface area contributed by atoms with Crippen LogP contribution >= 0.6 is 0 Å². The zero-order valence-corrected chi connectivity index (χ0v) is 13.7. The normalized spacial score (nSPS) is 13.3. The molecule has 0 aliphatic heterocycles. The summed E-state index contributed by atoms with van der Waals surface area (Å²) in [6, 6.07) is 7.18. The first kappa shape index (κ1) is 17.7. The average molecular weight is 331 g/mol. The highest BCUT2D eigenvalue weighted by Crippen LogP contribution is 2.27. The molecule has 7 heteroatoms. The van der Waals surface area contributed by atoms with Gasteiger partial charge < -0.3 is 20.6 Å². The molecule has 2 rings (SSSR count). The molecular formula is C17H21N3O4. The predicted molar refractivity (Wildman–Crippen MR) is 87.3 cm³/mol. The summed E-state index contributed by atoms with van der Waals surface area (Å²) in [7, 11) is 1.34. The summed E-state index contributed by atoms with van der Waals surface area (Å²) in [5.74, 6) is -0.410. The van der Waals surface area contributed by atoms with E-state index in [9.17, 15) is 14.7 Å². The maximum atomic E-state index is 11.3. The van der Waals surface area contributed by atoms with Gasteiger partial charge in [0.1, 0.15) is 11.5 Å². The number of nitrogens with two attached hydrogens (primary N) is 1. The van der Waals surface area contributed by atoms with Crippen molar-refractivity contribution < 1.29 is 19.4 Å². The van der Waals surface area contributed by atoms with E-state index in [2.05, 4.69) is 14.7 Å². The number of methoxy groups -OCH3 is 1. The number of carbonyl (C=O) groups excluding carboxylic acids is 2. The number of benzene rings is 1. The van der Waals surface area contributed by atoms with Crippen molar-refractivity contribution in [1.29, 1.82) is 0 Å². The first-order valence-corrected chi connectivity index (χ1v) is 7.59. The fourth-order valence-corrected chi connectivity index (χ4v) is 2.44. The zero-order valence-electron chi connectivity index (χ0n) is 13.7. The standard InChI is InChI=1S/C17H21N3O4/c1-10(17-19-9-13(20-17)16(18)23)6-14(21)12-5-3-4-11(7-12)8-15(22)24-2/h3-5,7,9-10,14,21H,6,8H2,1-2H3,(H2,18,23)(H,19,20). The van der Waals surface area contributed by atoms with Crippen LogP contribution in [0.15, 0.2) is 30.5 Å². The molecule has 0 radical (unpaired) electrons. The number of H-pyrrole nitrogens is 1. The third kappa shape index (κ3) is 4.42. The molecule has 0 aliphatic carbocycles. The van der Waals surface area contributed by atoms with Crippen LogP contribution in [0.3, 0.4) is 0 Å². The molecule has 1 aromatic heterocycles. The molecule has 1 amide bonds. The molecule has 0 saturated carbocycles. The number of aromatic amines is 1. The lowest BCUT2D eigenvalue weighted by Crippen LogP contribution is -2.12. The second-order valence-corrected chi connectivity index (χ2v) is 5.70. The van der Waals surface area contributed by atoms with Crippen molar-refractivity contribution in [2.24, 2.45) is 5.73 Å². The number of aliphatic hydroxyl groups is 1. The van der Waals surface area contributed by atoms with E-state index in [0.29, 0.717) is 17.8 Å². The van der Waals surface area contributed by atoms with E-state index < -0.39 is 12.0 Å². The number of esters is 1. The molecule has 1 aromatic carbocycles. The van der Waals surface area contributed by atoms with Gasteiger partial charge >= 0.3 is 5.97 Å². The molecule has 0 fully saturated rings. The Morgan fingerprint density at radius 2 is 2.17 bits per heavy atom. The lowest BCUT2D eigenvalue weighted by Gasteiger charge is -2.16. The molecule has 128 valence electrons. The fraction of sp³-hybridized carbons (Fsp3) is 0.353. The van der Waals surface area contributed by atoms with E-state index in [1.807, 2.05) is 13.0 Å². The molecule has 0 aliphatic rings. The Labute approximate surface area is 139 Å². The molecule has 2 unspecified atom stereocenters. The van der Waals surface area contributed by atoms with Gasteiger partial charge in [0.2, 0.25) is 0 Å². The van der Waals surface area contributed by atoms with Gasteiger partial charge in [-0.05, 0) is 17.5 Å². The van der Waals surface area contributed by atoms with Gasteiger partial charge in [-0.15, -0.1) is 0 Å². The second kappa shape index (κ2) is 7.74. The Morgan fingerprint density at radius 3 is 2.79 bits per heavy atom. The van der Waals surface area contributed by atoms with E-state index in [1.165, 1.54) is 13.3 Å². The Balaban J connectivity index is 2.05. The van der Waals surface area contributed by atoms with E-state index in [0.717, 1.165) is 5.56 Å². The number of nitrogens with one attached hydrogen (secondary N) is 1. The van der Waals surface area contributed by atoms with Gasteiger partial charge in [0.25, 0.3) is 5.91 Å². The number of amides is 1. The van der Waals surface area contributed by atoms with Gasteiger partial charge in [-0.1, -0.05) is 31.2 Å². The van der Waals surface area contributed by atoms with Crippen LogP contribution in [0.2, 0.25) is 0 Å². The van der Waals surface area contributed by atoms with Crippen LogP contribution in [-0.4, -0.2) is 34.1 Å². The maximum absolute atomic E-state index is 11.3. The number of nitrogens with zero attached hydrogens (tertiary/aromatic N) is 1. The average Bonchev–Trinajstić information content (AvgIpc) is 3.05. The van der Waals surface area contributed by atoms with Gasteiger partial charge in [0, 0.05) is 5.92 Å². The van der Waals surface area contributed by atoms with Crippen LogP contribution in [0.4, 0.5) is 0 Å². The summed E-state index contributed by atoms with van der Waals surface area (Å²) in [6.45, 7) is 1.89. The Bertz CT molecular complexity index is 726. The van der Waals surface area contributed by atoms with Crippen LogP contribution in [0, 0.1) is 0 Å². The minimum absolute atomic E-state index is 0.0997. The number of imidazole rings is 1. The van der Waals surface area contributed by atoms with Crippen molar-refractivity contribution in [3.05, 3.63) is 53.1 Å². The van der Waals surface area contributed by atoms with Crippen LogP contribution < -0.4 is 5.73 Å². The summed E-state index contributed by atoms with van der Waals surface area (Å²) in [6.07, 6.45) is 1.23. The number of primary amides is 1. The molecule has 7 nitrogen and oxygen atoms in total. The summed E-state index contributed by atoms with van der Waals surface area (Å²) < 4.78 is 4.65. The molecule has 0 bridgehead atoms. The number of hydrogen-bond acceptors (Lipinski definition) is 5. The first-order chi connectivity index (χ1) is 11.4. The van der Waals surface area contributed by atoms with Gasteiger partial charge in [-0.2, -0.15) is 0 Å². The number of carbonyl (C=O) groups is 2. The molecule has 1 heterocycles. The van der Waals surface area contributed by atoms with E-state index in [4.69, 9.17) is 5.73 Å². The summed E-state index contributed by atoms with van der Waals surface area (Å²) in [5.41, 5.74) is 6.92. The van der Waals surface area contributed by atoms with Gasteiger partial charge in [-0.3, -0.25) is 9.59 Å². The van der Waals surface area contributed by atoms with Gasteiger partial charge in [-0.25, -0.2) is 4.98 Å². The van der Waals surface area contributed by atoms with Crippen LogP contribution in [0.1, 0.15) is 52.8 Å². The number of aliphatic hydroxyl groups excluding tert-OH is 1. The lowest BCUT2D eigenvalue weighted by molar-refractivity contribution is -0.139. The van der Waals surface area contributed by atoms with Crippen molar-refractivity contribution in [1.82, 2.24) is 9.97 Å². The molecule has 4 N–H and O–H groups in total. The summed E-state index contributed by atoms with van der Waals surface area (Å²) >= 11 is 0. The largest absolute Gasteiger partial charge is 0.469 e. The molecule has 0 spiro atoms. The third-order valence-electron chi connectivity index (χ3n) is 3.82. The molecule has 0 saturated heterocycles. The topological polar surface area (TPSA) is 118 Å². The highest BCUT2D eigenvalue weighted by Gasteiger charge is 2.18. The smallest absolute Gasteiger partial charge is 0.309 e. The predicted octanol–water partition coefficient (Wildman–Crippen LogP) is 1.45. The van der Waals surface area contributed by atoms with Gasteiger partial charge in [0.05, 0.1) is 25.8 Å². The van der Waals surface area contributed by atoms with E-state index in [-0.39, 0.29) is 24.0 Å². The number of hydrogen-bond donors (Lipinski definition) is 3. The highest BCUT2D eigenvalue weighted by atomic mass is 16.5. The van der Waals surface area contributed by atoms with Crippen molar-refractivity contribution in [3.8, 4) is 0 Å². The summed E-state index contributed by atoms with van der Waals surface area (Å²) in [5, 5.41) is 10.4. The van der Waals surface area contributed by atoms with Crippen molar-refractivity contribution >= 4 is 11.9 Å². The minimum Gasteiger partial charge on any atom is -0.469 e. The third-order valence-corrected chi connectivity index (χ3v) is 3.82. The molecular weight excluding hydrogens is 310 g/mol. The minimum atomic E-state index is -0.722. The Kier molecular flexibility index (Phi) is 5.70. The second-order valence-electron chi connectivity index (χ2n) is 5.70. The number of ether oxygens (including phenoxy) is 1. The van der Waals surface area contributed by atoms with E-state index in [1.54, 1.807) is 18.2 Å². The molecule has 2 atom stereocenters. The SMILES string of the molecule is COC(=O)Cc1cccc(C(O)CC(C)c2ncc(C(N)=O)[nH]2)c1. The number of aromatic nitrogens is 2. The fourth-order valence-electron chi connectivity index (χ4n) is 2.44. The maximum Gasteiger partial charge on any atom is 0.309 e. The van der Waals surface area contributed by atoms with Crippen LogP contribution in [0.25, 0.3) is 0 Å². The Hall–Kier alpha value is -2.67. The van der Waals surface area contributed by atoms with E-state index >= 15 is 0 Å². The zero-order chi connectivity index (χ0) is 17.7. The number of rotatable bonds is 7. The van der Waals surface area contributed by atoms with Gasteiger partial charge in [0.15, 0.2) is 0 Å².